The Bertz CT molecular complexity index is 598. The minimum absolute atomic E-state index is 0.0365. The molecule has 1 aromatic rings. The van der Waals surface area contributed by atoms with E-state index in [0.29, 0.717) is 12.1 Å². The third-order valence-corrected chi connectivity index (χ3v) is 3.54. The summed E-state index contributed by atoms with van der Waals surface area (Å²) in [5.74, 6) is -1.94. The summed E-state index contributed by atoms with van der Waals surface area (Å²) in [4.78, 5) is 22.7. The molecular weight excluding hydrogens is 376 g/mol. The van der Waals surface area contributed by atoms with Gasteiger partial charge < -0.3 is 10.1 Å². The van der Waals surface area contributed by atoms with Crippen LogP contribution in [0.4, 0.5) is 32.0 Å². The Morgan fingerprint density at radius 3 is 1.96 bits per heavy atom. The summed E-state index contributed by atoms with van der Waals surface area (Å²) >= 11 is 0.817. The molecule has 0 radical (unpaired) electrons. The largest absolute Gasteiger partial charge is 0.465 e. The van der Waals surface area contributed by atoms with Crippen molar-refractivity contribution in [2.75, 3.05) is 23.4 Å². The minimum atomic E-state index is -5.00. The monoisotopic (exact) mass is 389 g/mol. The number of nitrogens with one attached hydrogen (secondary N) is 1. The zero-order chi connectivity index (χ0) is 19.3. The minimum Gasteiger partial charge on any atom is -0.465 e. The number of hydrogen-bond donors (Lipinski definition) is 1. The molecule has 0 fully saturated rings. The molecule has 1 N–H and O–H groups in total. The number of alkyl halides is 6. The molecule has 0 spiro atoms. The van der Waals surface area contributed by atoms with Crippen molar-refractivity contribution in [3.8, 4) is 0 Å². The second kappa shape index (κ2) is 8.45. The van der Waals surface area contributed by atoms with Gasteiger partial charge in [-0.3, -0.25) is 9.59 Å². The first kappa shape index (κ1) is 21.1. The Labute approximate surface area is 142 Å². The second-order valence-corrected chi connectivity index (χ2v) is 5.63. The maximum absolute atomic E-state index is 12.7. The molecule has 25 heavy (non-hydrogen) atoms. The Morgan fingerprint density at radius 2 is 1.52 bits per heavy atom. The fraction of sp³-hybridized carbons (Fsp3) is 0.429. The number of carbonyl (C=O) groups excluding carboxylic acids is 2. The number of hydrogen-bond acceptors (Lipinski definition) is 4. The predicted molar refractivity (Wildman–Crippen MR) is 79.0 cm³/mol. The summed E-state index contributed by atoms with van der Waals surface area (Å²) in [6.07, 6.45) is -10.0. The van der Waals surface area contributed by atoms with Crippen LogP contribution in [0.3, 0.4) is 0 Å². The van der Waals surface area contributed by atoms with Gasteiger partial charge in [0.25, 0.3) is 0 Å². The van der Waals surface area contributed by atoms with E-state index < -0.39 is 41.0 Å². The number of amides is 1. The van der Waals surface area contributed by atoms with Crippen LogP contribution in [0, 0.1) is 0 Å². The smallest absolute Gasteiger partial charge is 0.416 e. The summed E-state index contributed by atoms with van der Waals surface area (Å²) < 4.78 is 80.8. The van der Waals surface area contributed by atoms with Crippen LogP contribution in [0.2, 0.25) is 0 Å². The van der Waals surface area contributed by atoms with E-state index in [1.165, 1.54) is 0 Å². The number of rotatable bonds is 6. The fourth-order valence-electron chi connectivity index (χ4n) is 1.65. The van der Waals surface area contributed by atoms with Crippen LogP contribution in [-0.4, -0.2) is 30.0 Å². The van der Waals surface area contributed by atoms with E-state index >= 15 is 0 Å². The fourth-order valence-corrected chi connectivity index (χ4v) is 2.26. The molecule has 0 saturated carbocycles. The van der Waals surface area contributed by atoms with Crippen LogP contribution in [0.15, 0.2) is 18.2 Å². The average Bonchev–Trinajstić information content (AvgIpc) is 2.45. The highest BCUT2D eigenvalue weighted by molar-refractivity contribution is 8.00. The van der Waals surface area contributed by atoms with E-state index in [1.54, 1.807) is 6.92 Å². The van der Waals surface area contributed by atoms with Gasteiger partial charge in [0.2, 0.25) is 5.91 Å². The van der Waals surface area contributed by atoms with Gasteiger partial charge in [-0.25, -0.2) is 0 Å². The van der Waals surface area contributed by atoms with E-state index in [4.69, 9.17) is 0 Å². The van der Waals surface area contributed by atoms with E-state index in [-0.39, 0.29) is 24.2 Å². The van der Waals surface area contributed by atoms with E-state index in [0.717, 1.165) is 11.8 Å². The molecular formula is C14H13F6NO3S. The molecule has 0 unspecified atom stereocenters. The molecule has 1 rings (SSSR count). The molecule has 0 heterocycles. The molecule has 0 aromatic heterocycles. The average molecular weight is 389 g/mol. The molecule has 11 heteroatoms. The third-order valence-electron chi connectivity index (χ3n) is 2.63. The lowest BCUT2D eigenvalue weighted by Gasteiger charge is -2.14. The summed E-state index contributed by atoms with van der Waals surface area (Å²) in [5, 5.41) is 1.96. The molecule has 140 valence electrons. The van der Waals surface area contributed by atoms with Crippen LogP contribution in [0.5, 0.6) is 0 Å². The predicted octanol–water partition coefficient (Wildman–Crippen LogP) is 3.96. The van der Waals surface area contributed by atoms with E-state index in [9.17, 15) is 35.9 Å². The zero-order valence-corrected chi connectivity index (χ0v) is 13.6. The van der Waals surface area contributed by atoms with E-state index in [2.05, 4.69) is 4.74 Å². The number of ether oxygens (including phenoxy) is 1. The molecule has 1 amide bonds. The van der Waals surface area contributed by atoms with Gasteiger partial charge in [0.15, 0.2) is 0 Å². The molecule has 0 aliphatic heterocycles. The van der Waals surface area contributed by atoms with E-state index in [1.807, 2.05) is 5.32 Å². The van der Waals surface area contributed by atoms with Gasteiger partial charge in [-0.05, 0) is 25.1 Å². The zero-order valence-electron chi connectivity index (χ0n) is 12.8. The first-order valence-electron chi connectivity index (χ1n) is 6.76. The lowest BCUT2D eigenvalue weighted by Crippen LogP contribution is -2.18. The van der Waals surface area contributed by atoms with Crippen molar-refractivity contribution >= 4 is 29.3 Å². The Kier molecular flexibility index (Phi) is 7.15. The van der Waals surface area contributed by atoms with Crippen LogP contribution < -0.4 is 5.32 Å². The van der Waals surface area contributed by atoms with Gasteiger partial charge in [-0.2, -0.15) is 26.3 Å². The Hall–Kier alpha value is -1.91. The normalized spacial score (nSPS) is 12.0. The van der Waals surface area contributed by atoms with Gasteiger partial charge in [-0.15, -0.1) is 11.8 Å². The van der Waals surface area contributed by atoms with Crippen molar-refractivity contribution in [3.63, 3.8) is 0 Å². The van der Waals surface area contributed by atoms with Crippen LogP contribution in [-0.2, 0) is 26.7 Å². The number of anilines is 1. The Balaban J connectivity index is 2.83. The SMILES string of the molecule is CCOC(=O)CSCC(=O)Nc1cc(C(F)(F)F)cc(C(F)(F)F)c1. The standard InChI is InChI=1S/C14H13F6NO3S/c1-2-24-12(23)7-25-6-11(22)21-10-4-8(13(15,16)17)3-9(5-10)14(18,19)20/h3-5H,2,6-7H2,1H3,(H,21,22). The highest BCUT2D eigenvalue weighted by atomic mass is 32.2. The Morgan fingerprint density at radius 1 is 1.00 bits per heavy atom. The van der Waals surface area contributed by atoms with Crippen LogP contribution in [0.1, 0.15) is 18.1 Å². The van der Waals surface area contributed by atoms with Crippen molar-refractivity contribution in [3.05, 3.63) is 29.3 Å². The van der Waals surface area contributed by atoms with Crippen molar-refractivity contribution in [2.45, 2.75) is 19.3 Å². The number of halogens is 6. The summed E-state index contributed by atoms with van der Waals surface area (Å²) in [6, 6.07) is 0.775. The molecule has 0 atom stereocenters. The lowest BCUT2D eigenvalue weighted by molar-refractivity contribution is -0.143. The summed E-state index contributed by atoms with van der Waals surface area (Å²) in [7, 11) is 0. The van der Waals surface area contributed by atoms with Crippen LogP contribution >= 0.6 is 11.8 Å². The molecule has 0 aliphatic rings. The maximum Gasteiger partial charge on any atom is 0.416 e. The number of carbonyl (C=O) groups is 2. The number of thioether (sulfide) groups is 1. The summed E-state index contributed by atoms with van der Waals surface area (Å²) in [5.41, 5.74) is -3.70. The molecule has 1 aromatic carbocycles. The molecule has 0 saturated heterocycles. The van der Waals surface area contributed by atoms with Crippen molar-refractivity contribution in [2.24, 2.45) is 0 Å². The van der Waals surface area contributed by atoms with Crippen molar-refractivity contribution < 1.29 is 40.7 Å². The first-order valence-corrected chi connectivity index (χ1v) is 7.91. The first-order chi connectivity index (χ1) is 11.4. The lowest BCUT2D eigenvalue weighted by atomic mass is 10.1. The second-order valence-electron chi connectivity index (χ2n) is 4.64. The quantitative estimate of drug-likeness (QED) is 0.591. The molecule has 4 nitrogen and oxygen atoms in total. The van der Waals surface area contributed by atoms with Gasteiger partial charge in [0.1, 0.15) is 0 Å². The van der Waals surface area contributed by atoms with Gasteiger partial charge >= 0.3 is 18.3 Å². The number of benzene rings is 1. The topological polar surface area (TPSA) is 55.4 Å². The molecule has 0 bridgehead atoms. The highest BCUT2D eigenvalue weighted by Gasteiger charge is 2.37. The molecule has 0 aliphatic carbocycles. The van der Waals surface area contributed by atoms with Crippen molar-refractivity contribution in [1.82, 2.24) is 0 Å². The van der Waals surface area contributed by atoms with Gasteiger partial charge in [0, 0.05) is 5.69 Å². The summed E-state index contributed by atoms with van der Waals surface area (Å²) in [6.45, 7) is 1.73. The number of esters is 1. The van der Waals surface area contributed by atoms with Crippen LogP contribution in [0.25, 0.3) is 0 Å². The van der Waals surface area contributed by atoms with Gasteiger partial charge in [0.05, 0.1) is 29.2 Å². The van der Waals surface area contributed by atoms with Gasteiger partial charge in [-0.1, -0.05) is 0 Å². The maximum atomic E-state index is 12.7. The highest BCUT2D eigenvalue weighted by Crippen LogP contribution is 2.37. The van der Waals surface area contributed by atoms with Crippen molar-refractivity contribution in [1.29, 1.82) is 0 Å². The third kappa shape index (κ3) is 7.24.